The van der Waals surface area contributed by atoms with Crippen molar-refractivity contribution < 1.29 is 42.1 Å². The molecular formula is C82H144NO8P. The second-order valence-corrected chi connectivity index (χ2v) is 28.0. The Balaban J connectivity index is 4.01. The quantitative estimate of drug-likeness (QED) is 0.0195. The summed E-state index contributed by atoms with van der Waals surface area (Å²) in [5.74, 6) is -0.826. The van der Waals surface area contributed by atoms with Gasteiger partial charge in [-0.3, -0.25) is 14.2 Å². The van der Waals surface area contributed by atoms with E-state index in [0.29, 0.717) is 17.4 Å². The average molecular weight is 1300 g/mol. The molecule has 530 valence electrons. The van der Waals surface area contributed by atoms with Crippen molar-refractivity contribution in [1.82, 2.24) is 0 Å². The maximum absolute atomic E-state index is 12.9. The Bertz CT molecular complexity index is 1970. The number of likely N-dealkylation sites (N-methyl/N-ethyl adjacent to an activating group) is 1. The molecule has 0 spiro atoms. The Hall–Kier alpha value is -3.59. The number of rotatable bonds is 70. The Morgan fingerprint density at radius 2 is 0.620 bits per heavy atom. The zero-order chi connectivity index (χ0) is 66.9. The van der Waals surface area contributed by atoms with Crippen molar-refractivity contribution in [2.75, 3.05) is 47.5 Å². The van der Waals surface area contributed by atoms with Gasteiger partial charge in [0.25, 0.3) is 7.82 Å². The van der Waals surface area contributed by atoms with Crippen LogP contribution in [0.1, 0.15) is 335 Å². The Morgan fingerprint density at radius 1 is 0.348 bits per heavy atom. The largest absolute Gasteiger partial charge is 0.756 e. The van der Waals surface area contributed by atoms with Gasteiger partial charge in [0.1, 0.15) is 19.8 Å². The van der Waals surface area contributed by atoms with E-state index >= 15 is 0 Å². The van der Waals surface area contributed by atoms with Crippen molar-refractivity contribution in [1.29, 1.82) is 0 Å². The van der Waals surface area contributed by atoms with Crippen molar-refractivity contribution in [3.05, 3.63) is 122 Å². The number of hydrogen-bond acceptors (Lipinski definition) is 8. The lowest BCUT2D eigenvalue weighted by Crippen LogP contribution is -2.37. The highest BCUT2D eigenvalue weighted by Crippen LogP contribution is 2.38. The van der Waals surface area contributed by atoms with Crippen LogP contribution in [0.2, 0.25) is 0 Å². The van der Waals surface area contributed by atoms with Gasteiger partial charge in [-0.1, -0.05) is 334 Å². The van der Waals surface area contributed by atoms with Gasteiger partial charge >= 0.3 is 11.9 Å². The summed E-state index contributed by atoms with van der Waals surface area (Å²) in [5.41, 5.74) is 0. The molecule has 0 aliphatic rings. The molecule has 0 heterocycles. The van der Waals surface area contributed by atoms with Crippen LogP contribution in [-0.2, 0) is 32.7 Å². The van der Waals surface area contributed by atoms with E-state index in [4.69, 9.17) is 18.5 Å². The molecule has 2 atom stereocenters. The Labute approximate surface area is 568 Å². The average Bonchev–Trinajstić information content (AvgIpc) is 2.34. The predicted octanol–water partition coefficient (Wildman–Crippen LogP) is 24.8. The van der Waals surface area contributed by atoms with Gasteiger partial charge in [0.05, 0.1) is 27.7 Å². The maximum Gasteiger partial charge on any atom is 0.306 e. The van der Waals surface area contributed by atoms with E-state index in [-0.39, 0.29) is 32.0 Å². The van der Waals surface area contributed by atoms with Crippen molar-refractivity contribution in [2.24, 2.45) is 0 Å². The number of nitrogens with zero attached hydrogens (tertiary/aromatic N) is 1. The number of hydrogen-bond donors (Lipinski definition) is 0. The predicted molar refractivity (Wildman–Crippen MR) is 397 cm³/mol. The van der Waals surface area contributed by atoms with Crippen LogP contribution >= 0.6 is 7.82 Å². The third-order valence-electron chi connectivity index (χ3n) is 16.5. The molecule has 0 rings (SSSR count). The summed E-state index contributed by atoms with van der Waals surface area (Å²) in [6.07, 6.45) is 103. The van der Waals surface area contributed by atoms with Gasteiger partial charge in [-0.25, -0.2) is 0 Å². The molecule has 0 fully saturated rings. The highest BCUT2D eigenvalue weighted by atomic mass is 31.2. The van der Waals surface area contributed by atoms with Gasteiger partial charge in [0, 0.05) is 12.8 Å². The van der Waals surface area contributed by atoms with Crippen LogP contribution in [0.4, 0.5) is 0 Å². The fraction of sp³-hybridized carbons (Fsp3) is 0.732. The summed E-state index contributed by atoms with van der Waals surface area (Å²) in [5, 5.41) is 0. The topological polar surface area (TPSA) is 111 Å². The molecular weight excluding hydrogens is 1160 g/mol. The third kappa shape index (κ3) is 75.4. The lowest BCUT2D eigenvalue weighted by Gasteiger charge is -2.28. The summed E-state index contributed by atoms with van der Waals surface area (Å²) in [6.45, 7) is 4.15. The van der Waals surface area contributed by atoms with Crippen LogP contribution in [0.5, 0.6) is 0 Å². The van der Waals surface area contributed by atoms with Crippen LogP contribution in [0.3, 0.4) is 0 Å². The first-order valence-electron chi connectivity index (χ1n) is 38.2. The zero-order valence-electron chi connectivity index (χ0n) is 60.5. The summed E-state index contributed by atoms with van der Waals surface area (Å²) < 4.78 is 34.4. The molecule has 0 aliphatic heterocycles. The number of esters is 2. The molecule has 0 N–H and O–H groups in total. The highest BCUT2D eigenvalue weighted by molar-refractivity contribution is 7.45. The van der Waals surface area contributed by atoms with Crippen LogP contribution < -0.4 is 4.89 Å². The third-order valence-corrected chi connectivity index (χ3v) is 17.4. The summed E-state index contributed by atoms with van der Waals surface area (Å²) in [6, 6.07) is 0. The first-order chi connectivity index (χ1) is 45.0. The molecule has 0 saturated heterocycles. The fourth-order valence-corrected chi connectivity index (χ4v) is 11.4. The van der Waals surface area contributed by atoms with Crippen molar-refractivity contribution in [3.8, 4) is 0 Å². The monoisotopic (exact) mass is 1300 g/mol. The highest BCUT2D eigenvalue weighted by Gasteiger charge is 2.22. The van der Waals surface area contributed by atoms with Gasteiger partial charge in [0.2, 0.25) is 0 Å². The summed E-state index contributed by atoms with van der Waals surface area (Å²) in [4.78, 5) is 38.2. The van der Waals surface area contributed by atoms with Gasteiger partial charge in [-0.05, 0) is 109 Å². The minimum absolute atomic E-state index is 0.0338. The zero-order valence-corrected chi connectivity index (χ0v) is 61.4. The molecule has 0 radical (unpaired) electrons. The summed E-state index contributed by atoms with van der Waals surface area (Å²) >= 11 is 0. The van der Waals surface area contributed by atoms with E-state index in [2.05, 4.69) is 135 Å². The number of quaternary nitrogens is 1. The molecule has 10 heteroatoms. The normalized spacial score (nSPS) is 13.8. The fourth-order valence-electron chi connectivity index (χ4n) is 10.6. The number of phosphoric acid groups is 1. The smallest absolute Gasteiger partial charge is 0.306 e. The van der Waals surface area contributed by atoms with E-state index in [0.717, 1.165) is 96.3 Å². The van der Waals surface area contributed by atoms with Crippen molar-refractivity contribution in [2.45, 2.75) is 341 Å². The van der Waals surface area contributed by atoms with Crippen LogP contribution in [-0.4, -0.2) is 70.0 Å². The van der Waals surface area contributed by atoms with Gasteiger partial charge < -0.3 is 27.9 Å². The number of allylic oxidation sites excluding steroid dienone is 20. The molecule has 0 aromatic heterocycles. The molecule has 2 unspecified atom stereocenters. The van der Waals surface area contributed by atoms with Gasteiger partial charge in [-0.15, -0.1) is 0 Å². The number of phosphoric ester groups is 1. The number of carbonyl (C=O) groups is 2. The van der Waals surface area contributed by atoms with Gasteiger partial charge in [-0.2, -0.15) is 0 Å². The molecule has 0 aromatic carbocycles. The van der Waals surface area contributed by atoms with E-state index < -0.39 is 26.5 Å². The maximum atomic E-state index is 12.9. The Kier molecular flexibility index (Phi) is 68.9. The number of carbonyl (C=O) groups excluding carboxylic acids is 2. The second-order valence-electron chi connectivity index (χ2n) is 26.6. The van der Waals surface area contributed by atoms with E-state index in [1.165, 1.54) is 205 Å². The van der Waals surface area contributed by atoms with Crippen molar-refractivity contribution >= 4 is 19.8 Å². The molecule has 0 amide bonds. The lowest BCUT2D eigenvalue weighted by molar-refractivity contribution is -0.870. The van der Waals surface area contributed by atoms with Crippen LogP contribution in [0.25, 0.3) is 0 Å². The Morgan fingerprint density at radius 3 is 0.924 bits per heavy atom. The first-order valence-corrected chi connectivity index (χ1v) is 39.7. The van der Waals surface area contributed by atoms with E-state index in [1.54, 1.807) is 0 Å². The summed E-state index contributed by atoms with van der Waals surface area (Å²) in [7, 11) is 1.17. The molecule has 92 heavy (non-hydrogen) atoms. The molecule has 9 nitrogen and oxygen atoms in total. The van der Waals surface area contributed by atoms with Crippen LogP contribution in [0.15, 0.2) is 122 Å². The van der Waals surface area contributed by atoms with Crippen LogP contribution in [0, 0.1) is 0 Å². The number of unbranched alkanes of at least 4 members (excludes halogenated alkanes) is 36. The van der Waals surface area contributed by atoms with E-state index in [9.17, 15) is 19.0 Å². The molecule has 0 aromatic rings. The lowest BCUT2D eigenvalue weighted by atomic mass is 10.0. The first kappa shape index (κ1) is 88.4. The minimum atomic E-state index is -4.65. The molecule has 0 aliphatic carbocycles. The number of ether oxygens (including phenoxy) is 2. The SMILES string of the molecule is CC/C=C\C/C=C\C/C=C\C/C=C\C/C=C\C/C=C\C/C=C\CCCCCCCCCCCCCCCCCC(=O)OC(COC(=O)CCCCCCCCCCCCCCCCCC/C=C\C/C=C\C/C=C\CCCCCCC)COP(=O)([O-])OCC[N+](C)(C)C. The molecule has 0 bridgehead atoms. The molecule has 0 saturated carbocycles. The van der Waals surface area contributed by atoms with Crippen molar-refractivity contribution in [3.63, 3.8) is 0 Å². The minimum Gasteiger partial charge on any atom is -0.756 e. The van der Waals surface area contributed by atoms with E-state index in [1.807, 2.05) is 21.1 Å². The van der Waals surface area contributed by atoms with Gasteiger partial charge in [0.15, 0.2) is 6.10 Å². The second kappa shape index (κ2) is 71.7. The standard InChI is InChI=1S/C82H144NO8P/c1-6-8-10-12-14-16-18-20-22-24-26-28-30-32-34-36-38-39-40-41-42-43-45-47-49-51-53-55-57-59-61-63-65-67-69-71-73-75-82(85)91-80(79-90-92(86,87)89-77-76-83(3,4)5)78-88-81(84)74-72-70-68-66-64-62-60-58-56-54-52-50-48-46-44-37-35-33-31-29-27-25-23-21-19-17-15-13-11-9-7-2/h8,10,14,16,19-22,25-28,31-34,38-39,41-42,80H,6-7,9,11-13,15,17-18,23-24,29-30,35-37,40,43-79H2,1-5H3/b10-8-,16-14-,21-19-,22-20-,27-25-,28-26-,33-31-,34-32-,39-38-,42-41-.